The van der Waals surface area contributed by atoms with E-state index in [-0.39, 0.29) is 43.0 Å². The highest BCUT2D eigenvalue weighted by Gasteiger charge is 2.34. The fraction of sp³-hybridized carbons (Fsp3) is 0.423. The number of fused-ring (bicyclic) bond motifs is 1. The number of aliphatic hydroxyl groups is 2. The average molecular weight is 499 g/mol. The van der Waals surface area contributed by atoms with Gasteiger partial charge in [-0.1, -0.05) is 18.8 Å². The molecule has 0 unspecified atom stereocenters. The van der Waals surface area contributed by atoms with E-state index >= 15 is 0 Å². The number of carbonyl (C=O) groups is 2. The molecule has 2 aromatic rings. The normalized spacial score (nSPS) is 19.0. The first-order valence-corrected chi connectivity index (χ1v) is 11.6. The maximum absolute atomic E-state index is 13.4. The minimum Gasteiger partial charge on any atom is -0.472 e. The fourth-order valence-corrected chi connectivity index (χ4v) is 3.68. The molecule has 0 aliphatic carbocycles. The van der Waals surface area contributed by atoms with E-state index in [1.54, 1.807) is 24.9 Å². The molecule has 192 valence electrons. The Morgan fingerprint density at radius 3 is 2.69 bits per heavy atom. The molecule has 1 aromatic heterocycles. The van der Waals surface area contributed by atoms with Crippen molar-refractivity contribution in [2.24, 2.45) is 5.92 Å². The van der Waals surface area contributed by atoms with Crippen LogP contribution in [-0.4, -0.2) is 81.9 Å². The van der Waals surface area contributed by atoms with Crippen LogP contribution in [-0.2, 0) is 0 Å². The number of ether oxygens (including phenoxy) is 1. The summed E-state index contributed by atoms with van der Waals surface area (Å²) >= 11 is 0. The molecule has 4 atom stereocenters. The zero-order chi connectivity index (χ0) is 26.4. The SMILES string of the molecule is C[C@H](O)C#Cc1cnc2c(c1)C(=O)N([C@@H](C)CO)C[C@H](C)[C@@H](CN(C)C(=O)Nc1ccc(F)cc1)O2. The molecule has 1 aliphatic rings. The van der Waals surface area contributed by atoms with Gasteiger partial charge >= 0.3 is 6.03 Å². The molecule has 0 saturated carbocycles. The summed E-state index contributed by atoms with van der Waals surface area (Å²) in [5, 5.41) is 21.9. The van der Waals surface area contributed by atoms with E-state index in [4.69, 9.17) is 4.74 Å². The number of aromatic nitrogens is 1. The van der Waals surface area contributed by atoms with Crippen LogP contribution in [0.15, 0.2) is 36.5 Å². The van der Waals surface area contributed by atoms with Crippen LogP contribution in [0.5, 0.6) is 5.88 Å². The molecule has 0 fully saturated rings. The van der Waals surface area contributed by atoms with Crippen LogP contribution in [0.4, 0.5) is 14.9 Å². The highest BCUT2D eigenvalue weighted by molar-refractivity contribution is 5.97. The minimum absolute atomic E-state index is 0.0987. The van der Waals surface area contributed by atoms with Gasteiger partial charge in [-0.25, -0.2) is 14.2 Å². The number of likely N-dealkylation sites (N-methyl/N-ethyl adjacent to an activating group) is 1. The van der Waals surface area contributed by atoms with Gasteiger partial charge in [-0.05, 0) is 44.2 Å². The van der Waals surface area contributed by atoms with Gasteiger partial charge in [0.25, 0.3) is 5.91 Å². The van der Waals surface area contributed by atoms with Gasteiger partial charge in [0, 0.05) is 37.0 Å². The van der Waals surface area contributed by atoms with Crippen molar-refractivity contribution in [3.05, 3.63) is 53.5 Å². The van der Waals surface area contributed by atoms with Gasteiger partial charge in [-0.2, -0.15) is 0 Å². The minimum atomic E-state index is -0.841. The Labute approximate surface area is 209 Å². The predicted molar refractivity (Wildman–Crippen MR) is 132 cm³/mol. The lowest BCUT2D eigenvalue weighted by molar-refractivity contribution is 0.0356. The maximum Gasteiger partial charge on any atom is 0.321 e. The molecule has 10 heteroatoms. The number of amides is 3. The third kappa shape index (κ3) is 6.71. The summed E-state index contributed by atoms with van der Waals surface area (Å²) in [6.07, 6.45) is 0.0816. The number of nitrogens with one attached hydrogen (secondary N) is 1. The van der Waals surface area contributed by atoms with Gasteiger partial charge in [-0.15, -0.1) is 0 Å². The number of rotatable bonds is 5. The topological polar surface area (TPSA) is 115 Å². The monoisotopic (exact) mass is 498 g/mol. The number of hydrogen-bond acceptors (Lipinski definition) is 6. The molecule has 9 nitrogen and oxygen atoms in total. The molecular formula is C26H31FN4O5. The molecule has 0 spiro atoms. The van der Waals surface area contributed by atoms with Gasteiger partial charge in [0.2, 0.25) is 5.88 Å². The molecule has 1 aromatic carbocycles. The lowest BCUT2D eigenvalue weighted by atomic mass is 10.00. The second-order valence-electron chi connectivity index (χ2n) is 8.96. The van der Waals surface area contributed by atoms with Crippen LogP contribution in [0.25, 0.3) is 0 Å². The molecule has 1 aliphatic heterocycles. The van der Waals surface area contributed by atoms with Gasteiger partial charge in [0.15, 0.2) is 0 Å². The zero-order valence-electron chi connectivity index (χ0n) is 20.7. The fourth-order valence-electron chi connectivity index (χ4n) is 3.68. The average Bonchev–Trinajstić information content (AvgIpc) is 2.85. The zero-order valence-corrected chi connectivity index (χ0v) is 20.7. The number of carbonyl (C=O) groups excluding carboxylic acids is 2. The van der Waals surface area contributed by atoms with Crippen molar-refractivity contribution in [3.63, 3.8) is 0 Å². The summed E-state index contributed by atoms with van der Waals surface area (Å²) < 4.78 is 19.3. The van der Waals surface area contributed by atoms with Gasteiger partial charge in [0.05, 0.1) is 19.2 Å². The van der Waals surface area contributed by atoms with Crippen molar-refractivity contribution in [2.75, 3.05) is 32.1 Å². The Morgan fingerprint density at radius 1 is 1.36 bits per heavy atom. The second kappa shape index (κ2) is 11.8. The summed E-state index contributed by atoms with van der Waals surface area (Å²) in [6.45, 7) is 5.40. The van der Waals surface area contributed by atoms with Crippen molar-refractivity contribution in [3.8, 4) is 17.7 Å². The molecule has 36 heavy (non-hydrogen) atoms. The van der Waals surface area contributed by atoms with Crippen molar-refractivity contribution in [1.82, 2.24) is 14.8 Å². The quantitative estimate of drug-likeness (QED) is 0.545. The number of aliphatic hydroxyl groups excluding tert-OH is 2. The van der Waals surface area contributed by atoms with Crippen LogP contribution in [0.2, 0.25) is 0 Å². The second-order valence-corrected chi connectivity index (χ2v) is 8.96. The van der Waals surface area contributed by atoms with Crippen molar-refractivity contribution < 1.29 is 28.9 Å². The van der Waals surface area contributed by atoms with E-state index in [0.29, 0.717) is 11.3 Å². The van der Waals surface area contributed by atoms with E-state index in [1.165, 1.54) is 42.3 Å². The Hall–Kier alpha value is -3.68. The lowest BCUT2D eigenvalue weighted by Crippen LogP contribution is -2.50. The van der Waals surface area contributed by atoms with Crippen LogP contribution in [0.1, 0.15) is 36.7 Å². The molecule has 0 radical (unpaired) electrons. The largest absolute Gasteiger partial charge is 0.472 e. The van der Waals surface area contributed by atoms with Crippen molar-refractivity contribution in [1.29, 1.82) is 0 Å². The summed E-state index contributed by atoms with van der Waals surface area (Å²) in [4.78, 5) is 33.4. The number of nitrogens with zero attached hydrogens (tertiary/aromatic N) is 3. The van der Waals surface area contributed by atoms with Crippen molar-refractivity contribution >= 4 is 17.6 Å². The number of pyridine rings is 1. The van der Waals surface area contributed by atoms with Gasteiger partial charge in [-0.3, -0.25) is 4.79 Å². The first kappa shape index (κ1) is 26.9. The Bertz CT molecular complexity index is 1150. The summed E-state index contributed by atoms with van der Waals surface area (Å²) in [6, 6.07) is 6.13. The molecule has 0 bridgehead atoms. The molecule has 0 saturated heterocycles. The Kier molecular flexibility index (Phi) is 8.85. The number of halogens is 1. The maximum atomic E-state index is 13.4. The first-order chi connectivity index (χ1) is 17.1. The highest BCUT2D eigenvalue weighted by atomic mass is 19.1. The predicted octanol–water partition coefficient (Wildman–Crippen LogP) is 2.34. The first-order valence-electron chi connectivity index (χ1n) is 11.6. The van der Waals surface area contributed by atoms with Crippen molar-refractivity contribution in [2.45, 2.75) is 39.0 Å². The molecule has 3 rings (SSSR count). The van der Waals surface area contributed by atoms with Crippen LogP contribution < -0.4 is 10.1 Å². The summed E-state index contributed by atoms with van der Waals surface area (Å²) in [7, 11) is 1.61. The standard InChI is InChI=1S/C26H31FN4O5/c1-16-13-31(17(2)15-32)25(34)22-11-19(6-5-18(3)33)12-28-24(22)36-23(16)14-30(4)26(35)29-21-9-7-20(27)8-10-21/h7-12,16-18,23,32-33H,13-15H2,1-4H3,(H,29,35)/t16-,17-,18-,23+/m0/s1. The van der Waals surface area contributed by atoms with E-state index in [2.05, 4.69) is 22.1 Å². The van der Waals surface area contributed by atoms with E-state index < -0.39 is 30.1 Å². The number of hydrogen-bond donors (Lipinski definition) is 3. The number of anilines is 1. The number of benzene rings is 1. The molecule has 2 heterocycles. The Balaban J connectivity index is 1.87. The molecule has 3 N–H and O–H groups in total. The third-order valence-corrected chi connectivity index (χ3v) is 5.84. The van der Waals surface area contributed by atoms with E-state index in [9.17, 15) is 24.2 Å². The Morgan fingerprint density at radius 2 is 2.06 bits per heavy atom. The van der Waals surface area contributed by atoms with Crippen LogP contribution in [0, 0.1) is 23.6 Å². The highest BCUT2D eigenvalue weighted by Crippen LogP contribution is 2.27. The summed E-state index contributed by atoms with van der Waals surface area (Å²) in [5.74, 6) is 4.53. The lowest BCUT2D eigenvalue weighted by Gasteiger charge is -2.37. The molecule has 3 amide bonds. The van der Waals surface area contributed by atoms with Crippen LogP contribution in [0.3, 0.4) is 0 Å². The van der Waals surface area contributed by atoms with Gasteiger partial charge < -0.3 is 30.1 Å². The molecular weight excluding hydrogens is 467 g/mol. The smallest absolute Gasteiger partial charge is 0.321 e. The summed E-state index contributed by atoms with van der Waals surface area (Å²) in [5.41, 5.74) is 1.07. The van der Waals surface area contributed by atoms with E-state index in [1.807, 2.05) is 6.92 Å². The van der Waals surface area contributed by atoms with Crippen LogP contribution >= 0.6 is 0 Å². The number of urea groups is 1. The van der Waals surface area contributed by atoms with Gasteiger partial charge in [0.1, 0.15) is 23.6 Å². The third-order valence-electron chi connectivity index (χ3n) is 5.84. The van der Waals surface area contributed by atoms with E-state index in [0.717, 1.165) is 0 Å².